The average molecular weight is 284 g/mol. The van der Waals surface area contributed by atoms with Gasteiger partial charge in [-0.25, -0.2) is 14.4 Å². The number of rotatable bonds is 3. The lowest BCUT2D eigenvalue weighted by Gasteiger charge is -2.28. The number of hydrogen-bond acceptors (Lipinski definition) is 5. The first-order valence-corrected chi connectivity index (χ1v) is 6.74. The van der Waals surface area contributed by atoms with E-state index in [1.165, 1.54) is 6.07 Å². The summed E-state index contributed by atoms with van der Waals surface area (Å²) in [5.74, 6) is 0.252. The van der Waals surface area contributed by atoms with Crippen LogP contribution in [0.25, 0.3) is 22.4 Å². The summed E-state index contributed by atoms with van der Waals surface area (Å²) in [6.45, 7) is 1.79. The molecular formula is C14H13FN6. The van der Waals surface area contributed by atoms with Crippen LogP contribution in [0.3, 0.4) is 0 Å². The third-order valence-electron chi connectivity index (χ3n) is 3.54. The summed E-state index contributed by atoms with van der Waals surface area (Å²) in [5.41, 5.74) is 1.33. The van der Waals surface area contributed by atoms with Crippen molar-refractivity contribution in [1.29, 1.82) is 0 Å². The largest absolute Gasteiger partial charge is 0.365 e. The van der Waals surface area contributed by atoms with E-state index >= 15 is 0 Å². The highest BCUT2D eigenvalue weighted by Crippen LogP contribution is 2.27. The molecule has 1 aliphatic rings. The number of nitrogens with one attached hydrogen (secondary N) is 3. The number of hydrogen-bond donors (Lipinski definition) is 3. The molecule has 0 aliphatic carbocycles. The zero-order valence-electron chi connectivity index (χ0n) is 11.1. The van der Waals surface area contributed by atoms with Crippen LogP contribution in [-0.2, 0) is 0 Å². The quantitative estimate of drug-likeness (QED) is 0.680. The van der Waals surface area contributed by atoms with Crippen molar-refractivity contribution in [1.82, 2.24) is 25.5 Å². The van der Waals surface area contributed by atoms with Crippen LogP contribution in [0.2, 0.25) is 0 Å². The van der Waals surface area contributed by atoms with Crippen LogP contribution in [0.15, 0.2) is 30.5 Å². The lowest BCUT2D eigenvalue weighted by molar-refractivity contribution is 0.471. The van der Waals surface area contributed by atoms with Gasteiger partial charge in [-0.05, 0) is 24.3 Å². The molecule has 3 N–H and O–H groups in total. The van der Waals surface area contributed by atoms with E-state index < -0.39 is 5.82 Å². The second kappa shape index (κ2) is 4.78. The Bertz CT molecular complexity index is 795. The van der Waals surface area contributed by atoms with Crippen LogP contribution in [0.4, 0.5) is 10.2 Å². The predicted octanol–water partition coefficient (Wildman–Crippen LogP) is 1.54. The molecule has 1 saturated heterocycles. The Morgan fingerprint density at radius 1 is 1.19 bits per heavy atom. The molecule has 1 aliphatic heterocycles. The highest BCUT2D eigenvalue weighted by Gasteiger charge is 2.19. The molecule has 0 spiro atoms. The van der Waals surface area contributed by atoms with Crippen LogP contribution in [0.5, 0.6) is 0 Å². The second-order valence-corrected chi connectivity index (χ2v) is 5.00. The van der Waals surface area contributed by atoms with E-state index in [0.29, 0.717) is 23.2 Å². The lowest BCUT2D eigenvalue weighted by Crippen LogP contribution is -2.51. The summed E-state index contributed by atoms with van der Waals surface area (Å²) < 4.78 is 14.1. The van der Waals surface area contributed by atoms with Gasteiger partial charge in [0.15, 0.2) is 11.5 Å². The molecule has 4 rings (SSSR count). The SMILES string of the molecule is Fc1ccc(NC2CNC2)nc1-c1n[nH]c2ncccc12. The van der Waals surface area contributed by atoms with Gasteiger partial charge in [-0.2, -0.15) is 5.10 Å². The van der Waals surface area contributed by atoms with Crippen molar-refractivity contribution in [2.75, 3.05) is 18.4 Å². The third-order valence-corrected chi connectivity index (χ3v) is 3.54. The first-order valence-electron chi connectivity index (χ1n) is 6.74. The molecule has 1 fully saturated rings. The maximum Gasteiger partial charge on any atom is 0.155 e. The fourth-order valence-corrected chi connectivity index (χ4v) is 2.32. The molecule has 3 aromatic rings. The van der Waals surface area contributed by atoms with E-state index in [2.05, 4.69) is 30.8 Å². The summed E-state index contributed by atoms with van der Waals surface area (Å²) in [7, 11) is 0. The van der Waals surface area contributed by atoms with Gasteiger partial charge in [0.2, 0.25) is 0 Å². The maximum absolute atomic E-state index is 14.1. The third kappa shape index (κ3) is 2.11. The lowest BCUT2D eigenvalue weighted by atomic mass is 10.1. The highest BCUT2D eigenvalue weighted by atomic mass is 19.1. The van der Waals surface area contributed by atoms with Gasteiger partial charge >= 0.3 is 0 Å². The van der Waals surface area contributed by atoms with Crippen molar-refractivity contribution >= 4 is 16.9 Å². The number of aromatic amines is 1. The molecule has 0 radical (unpaired) electrons. The van der Waals surface area contributed by atoms with E-state index in [9.17, 15) is 4.39 Å². The Hall–Kier alpha value is -2.54. The summed E-state index contributed by atoms with van der Waals surface area (Å²) in [4.78, 5) is 8.52. The number of H-pyrrole nitrogens is 1. The topological polar surface area (TPSA) is 78.5 Å². The highest BCUT2D eigenvalue weighted by molar-refractivity contribution is 5.89. The predicted molar refractivity (Wildman–Crippen MR) is 77.4 cm³/mol. The number of aromatic nitrogens is 4. The second-order valence-electron chi connectivity index (χ2n) is 5.00. The summed E-state index contributed by atoms with van der Waals surface area (Å²) >= 11 is 0. The molecule has 0 saturated carbocycles. The van der Waals surface area contributed by atoms with Crippen molar-refractivity contribution in [2.45, 2.75) is 6.04 Å². The van der Waals surface area contributed by atoms with Gasteiger partial charge < -0.3 is 10.6 Å². The summed E-state index contributed by atoms with van der Waals surface area (Å²) in [6.07, 6.45) is 1.66. The number of halogens is 1. The van der Waals surface area contributed by atoms with Gasteiger partial charge in [0, 0.05) is 24.7 Å². The molecule has 4 heterocycles. The molecular weight excluding hydrogens is 271 g/mol. The number of pyridine rings is 2. The molecule has 0 amide bonds. The smallest absolute Gasteiger partial charge is 0.155 e. The van der Waals surface area contributed by atoms with E-state index in [0.717, 1.165) is 18.5 Å². The first-order chi connectivity index (χ1) is 10.3. The minimum Gasteiger partial charge on any atom is -0.365 e. The summed E-state index contributed by atoms with van der Waals surface area (Å²) in [5, 5.41) is 14.1. The molecule has 6 nitrogen and oxygen atoms in total. The summed E-state index contributed by atoms with van der Waals surface area (Å²) in [6, 6.07) is 7.03. The molecule has 0 bridgehead atoms. The molecule has 0 aromatic carbocycles. The van der Waals surface area contributed by atoms with Crippen molar-refractivity contribution in [3.63, 3.8) is 0 Å². The fourth-order valence-electron chi connectivity index (χ4n) is 2.32. The first kappa shape index (κ1) is 12.2. The Kier molecular flexibility index (Phi) is 2.78. The van der Waals surface area contributed by atoms with Gasteiger partial charge in [0.25, 0.3) is 0 Å². The van der Waals surface area contributed by atoms with Gasteiger partial charge in [0.1, 0.15) is 17.2 Å². The van der Waals surface area contributed by atoms with Gasteiger partial charge in [-0.1, -0.05) is 0 Å². The van der Waals surface area contributed by atoms with Crippen LogP contribution in [-0.4, -0.2) is 39.3 Å². The van der Waals surface area contributed by atoms with Crippen LogP contribution in [0, 0.1) is 5.82 Å². The zero-order chi connectivity index (χ0) is 14.2. The van der Waals surface area contributed by atoms with Crippen LogP contribution >= 0.6 is 0 Å². The molecule has 0 unspecified atom stereocenters. The molecule has 7 heteroatoms. The van der Waals surface area contributed by atoms with Gasteiger partial charge in [-0.3, -0.25) is 5.10 Å². The van der Waals surface area contributed by atoms with Crippen molar-refractivity contribution < 1.29 is 4.39 Å². The number of fused-ring (bicyclic) bond motifs is 1. The Morgan fingerprint density at radius 3 is 2.90 bits per heavy atom. The molecule has 0 atom stereocenters. The van der Waals surface area contributed by atoms with E-state index in [1.54, 1.807) is 18.3 Å². The number of anilines is 1. The minimum atomic E-state index is -0.399. The van der Waals surface area contributed by atoms with E-state index in [1.807, 2.05) is 6.07 Å². The fraction of sp³-hybridized carbons (Fsp3) is 0.214. The standard InChI is InChI=1S/C14H13FN6/c15-10-3-4-11(18-8-6-16-7-8)19-13(10)12-9-2-1-5-17-14(9)21-20-12/h1-5,8,16H,6-7H2,(H,18,19)(H,17,20,21). The molecule has 106 valence electrons. The zero-order valence-corrected chi connectivity index (χ0v) is 11.1. The van der Waals surface area contributed by atoms with Crippen molar-refractivity contribution in [3.05, 3.63) is 36.3 Å². The monoisotopic (exact) mass is 284 g/mol. The Balaban J connectivity index is 1.77. The number of nitrogens with zero attached hydrogens (tertiary/aromatic N) is 3. The molecule has 21 heavy (non-hydrogen) atoms. The minimum absolute atomic E-state index is 0.228. The van der Waals surface area contributed by atoms with Crippen LogP contribution < -0.4 is 10.6 Å². The van der Waals surface area contributed by atoms with E-state index in [-0.39, 0.29) is 5.69 Å². The van der Waals surface area contributed by atoms with E-state index in [4.69, 9.17) is 0 Å². The normalized spacial score (nSPS) is 15.1. The Labute approximate surface area is 119 Å². The van der Waals surface area contributed by atoms with Crippen LogP contribution in [0.1, 0.15) is 0 Å². The Morgan fingerprint density at radius 2 is 2.10 bits per heavy atom. The maximum atomic E-state index is 14.1. The van der Waals surface area contributed by atoms with Crippen molar-refractivity contribution in [3.8, 4) is 11.4 Å². The van der Waals surface area contributed by atoms with Gasteiger partial charge in [-0.15, -0.1) is 0 Å². The van der Waals surface area contributed by atoms with Gasteiger partial charge in [0.05, 0.1) is 6.04 Å². The van der Waals surface area contributed by atoms with Crippen molar-refractivity contribution in [2.24, 2.45) is 0 Å². The molecule has 3 aromatic heterocycles. The average Bonchev–Trinajstić information content (AvgIpc) is 2.88.